The van der Waals surface area contributed by atoms with Gasteiger partial charge in [-0.25, -0.2) is 0 Å². The zero-order valence-corrected chi connectivity index (χ0v) is 15.4. The molecule has 0 fully saturated rings. The first-order valence-corrected chi connectivity index (χ1v) is 9.56. The fourth-order valence-electron chi connectivity index (χ4n) is 2.71. The van der Waals surface area contributed by atoms with Gasteiger partial charge in [-0.2, -0.15) is 0 Å². The molecule has 21 heavy (non-hydrogen) atoms. The van der Waals surface area contributed by atoms with E-state index in [0.29, 0.717) is 6.04 Å². The molecule has 1 unspecified atom stereocenters. The van der Waals surface area contributed by atoms with Crippen molar-refractivity contribution >= 4 is 15.9 Å². The van der Waals surface area contributed by atoms with Gasteiger partial charge in [-0.1, -0.05) is 86.9 Å². The average molecular weight is 354 g/mol. The summed E-state index contributed by atoms with van der Waals surface area (Å²) in [6, 6.07) is 9.33. The molecule has 0 heterocycles. The van der Waals surface area contributed by atoms with Crippen LogP contribution in [0.15, 0.2) is 28.7 Å². The second kappa shape index (κ2) is 12.2. The van der Waals surface area contributed by atoms with Gasteiger partial charge >= 0.3 is 0 Å². The van der Waals surface area contributed by atoms with E-state index >= 15 is 0 Å². The Balaban J connectivity index is 2.31. The SMILES string of the molecule is CCCCCCCCCC(NCCC)c1ccc(Br)cc1. The molecule has 1 atom stereocenters. The molecule has 0 spiro atoms. The van der Waals surface area contributed by atoms with Crippen molar-refractivity contribution in [3.8, 4) is 0 Å². The van der Waals surface area contributed by atoms with E-state index < -0.39 is 0 Å². The topological polar surface area (TPSA) is 12.0 Å². The lowest BCUT2D eigenvalue weighted by Gasteiger charge is -2.19. The molecule has 0 aliphatic carbocycles. The maximum atomic E-state index is 3.70. The third kappa shape index (κ3) is 8.63. The van der Waals surface area contributed by atoms with Gasteiger partial charge in [0.05, 0.1) is 0 Å². The monoisotopic (exact) mass is 353 g/mol. The summed E-state index contributed by atoms with van der Waals surface area (Å²) in [4.78, 5) is 0. The Morgan fingerprint density at radius 1 is 0.857 bits per heavy atom. The third-order valence-corrected chi connectivity index (χ3v) is 4.54. The molecule has 0 aromatic heterocycles. The van der Waals surface area contributed by atoms with Crippen LogP contribution in [-0.4, -0.2) is 6.54 Å². The summed E-state index contributed by atoms with van der Waals surface area (Å²) < 4.78 is 1.16. The molecule has 1 aromatic carbocycles. The van der Waals surface area contributed by atoms with Crippen molar-refractivity contribution in [3.05, 3.63) is 34.3 Å². The van der Waals surface area contributed by atoms with Gasteiger partial charge < -0.3 is 5.32 Å². The maximum absolute atomic E-state index is 3.70. The van der Waals surface area contributed by atoms with Gasteiger partial charge in [0.1, 0.15) is 0 Å². The number of benzene rings is 1. The Morgan fingerprint density at radius 3 is 2.10 bits per heavy atom. The number of rotatable bonds is 12. The molecule has 0 aliphatic rings. The highest BCUT2D eigenvalue weighted by atomic mass is 79.9. The van der Waals surface area contributed by atoms with Gasteiger partial charge in [-0.3, -0.25) is 0 Å². The molecule has 0 saturated heterocycles. The van der Waals surface area contributed by atoms with E-state index in [0.717, 1.165) is 11.0 Å². The summed E-state index contributed by atoms with van der Waals surface area (Å²) in [6.07, 6.45) is 12.2. The van der Waals surface area contributed by atoms with Crippen LogP contribution in [0, 0.1) is 0 Å². The smallest absolute Gasteiger partial charge is 0.0320 e. The lowest BCUT2D eigenvalue weighted by molar-refractivity contribution is 0.465. The van der Waals surface area contributed by atoms with E-state index in [4.69, 9.17) is 0 Å². The second-order valence-electron chi connectivity index (χ2n) is 5.97. The minimum absolute atomic E-state index is 0.522. The van der Waals surface area contributed by atoms with Gasteiger partial charge in [0.15, 0.2) is 0 Å². The minimum atomic E-state index is 0.522. The molecule has 0 saturated carbocycles. The van der Waals surface area contributed by atoms with E-state index in [1.54, 1.807) is 0 Å². The summed E-state index contributed by atoms with van der Waals surface area (Å²) in [6.45, 7) is 5.62. The van der Waals surface area contributed by atoms with Crippen molar-refractivity contribution < 1.29 is 0 Å². The van der Waals surface area contributed by atoms with Crippen LogP contribution in [0.5, 0.6) is 0 Å². The van der Waals surface area contributed by atoms with Gasteiger partial charge in [-0.05, 0) is 37.1 Å². The predicted molar refractivity (Wildman–Crippen MR) is 97.8 cm³/mol. The first-order valence-electron chi connectivity index (χ1n) is 8.76. The van der Waals surface area contributed by atoms with Crippen LogP contribution in [0.4, 0.5) is 0 Å². The lowest BCUT2D eigenvalue weighted by Crippen LogP contribution is -2.22. The van der Waals surface area contributed by atoms with Crippen molar-refractivity contribution in [2.45, 2.75) is 77.7 Å². The van der Waals surface area contributed by atoms with Gasteiger partial charge in [0.25, 0.3) is 0 Å². The molecule has 0 amide bonds. The second-order valence-corrected chi connectivity index (χ2v) is 6.88. The summed E-state index contributed by atoms with van der Waals surface area (Å²) in [7, 11) is 0. The van der Waals surface area contributed by atoms with Crippen LogP contribution in [0.3, 0.4) is 0 Å². The fourth-order valence-corrected chi connectivity index (χ4v) is 2.97. The van der Waals surface area contributed by atoms with E-state index in [-0.39, 0.29) is 0 Å². The summed E-state index contributed by atoms with van der Waals surface area (Å²) in [5.74, 6) is 0. The highest BCUT2D eigenvalue weighted by Crippen LogP contribution is 2.22. The van der Waals surface area contributed by atoms with Crippen LogP contribution in [0.2, 0.25) is 0 Å². The Kier molecular flexibility index (Phi) is 10.9. The Labute approximate surface area is 140 Å². The molecular formula is C19H32BrN. The molecule has 120 valence electrons. The lowest BCUT2D eigenvalue weighted by atomic mass is 9.99. The summed E-state index contributed by atoms with van der Waals surface area (Å²) in [5.41, 5.74) is 1.43. The predicted octanol–water partition coefficient (Wildman–Crippen LogP) is 6.63. The largest absolute Gasteiger partial charge is 0.310 e. The van der Waals surface area contributed by atoms with Crippen LogP contribution in [0.25, 0.3) is 0 Å². The maximum Gasteiger partial charge on any atom is 0.0320 e. The number of hydrogen-bond donors (Lipinski definition) is 1. The quantitative estimate of drug-likeness (QED) is 0.415. The van der Waals surface area contributed by atoms with Crippen molar-refractivity contribution in [2.75, 3.05) is 6.54 Å². The van der Waals surface area contributed by atoms with Crippen molar-refractivity contribution in [3.63, 3.8) is 0 Å². The highest BCUT2D eigenvalue weighted by Gasteiger charge is 2.09. The molecule has 1 nitrogen and oxygen atoms in total. The van der Waals surface area contributed by atoms with E-state index in [1.807, 2.05) is 0 Å². The first kappa shape index (κ1) is 18.7. The Hall–Kier alpha value is -0.340. The van der Waals surface area contributed by atoms with Crippen molar-refractivity contribution in [1.82, 2.24) is 5.32 Å². The number of nitrogens with one attached hydrogen (secondary N) is 1. The van der Waals surface area contributed by atoms with Crippen LogP contribution in [0.1, 0.15) is 83.2 Å². The van der Waals surface area contributed by atoms with E-state index in [2.05, 4.69) is 59.4 Å². The molecule has 1 N–H and O–H groups in total. The van der Waals surface area contributed by atoms with Crippen molar-refractivity contribution in [1.29, 1.82) is 0 Å². The number of hydrogen-bond acceptors (Lipinski definition) is 1. The first-order chi connectivity index (χ1) is 10.3. The molecule has 2 heteroatoms. The molecule has 1 rings (SSSR count). The third-order valence-electron chi connectivity index (χ3n) is 4.01. The number of halogens is 1. The standard InChI is InChI=1S/C19H32BrN/c1-3-5-6-7-8-9-10-11-19(21-16-4-2)17-12-14-18(20)15-13-17/h12-15,19,21H,3-11,16H2,1-2H3. The van der Waals surface area contributed by atoms with Crippen LogP contribution < -0.4 is 5.32 Å². The van der Waals surface area contributed by atoms with E-state index in [1.165, 1.54) is 63.4 Å². The van der Waals surface area contributed by atoms with Gasteiger partial charge in [0.2, 0.25) is 0 Å². The zero-order chi connectivity index (χ0) is 15.3. The van der Waals surface area contributed by atoms with E-state index in [9.17, 15) is 0 Å². The zero-order valence-electron chi connectivity index (χ0n) is 13.8. The summed E-state index contributed by atoms with van der Waals surface area (Å²) in [5, 5.41) is 3.70. The number of unbranched alkanes of at least 4 members (excludes halogenated alkanes) is 6. The normalized spacial score (nSPS) is 12.5. The van der Waals surface area contributed by atoms with Crippen LogP contribution >= 0.6 is 15.9 Å². The Bertz CT molecular complexity index is 347. The molecule has 0 radical (unpaired) electrons. The average Bonchev–Trinajstić information content (AvgIpc) is 2.50. The molecular weight excluding hydrogens is 322 g/mol. The Morgan fingerprint density at radius 2 is 1.48 bits per heavy atom. The molecule has 1 aromatic rings. The molecule has 0 bridgehead atoms. The fraction of sp³-hybridized carbons (Fsp3) is 0.684. The van der Waals surface area contributed by atoms with Gasteiger partial charge in [-0.15, -0.1) is 0 Å². The van der Waals surface area contributed by atoms with Crippen molar-refractivity contribution in [2.24, 2.45) is 0 Å². The van der Waals surface area contributed by atoms with Crippen LogP contribution in [-0.2, 0) is 0 Å². The molecule has 0 aliphatic heterocycles. The summed E-state index contributed by atoms with van der Waals surface area (Å²) >= 11 is 3.52. The highest BCUT2D eigenvalue weighted by molar-refractivity contribution is 9.10. The van der Waals surface area contributed by atoms with Gasteiger partial charge in [0, 0.05) is 10.5 Å². The minimum Gasteiger partial charge on any atom is -0.310 e.